The maximum atomic E-state index is 12.6. The molecule has 2 aliphatic heterocycles. The third-order valence-electron chi connectivity index (χ3n) is 6.37. The molecule has 10 heteroatoms. The van der Waals surface area contributed by atoms with Gasteiger partial charge in [0.15, 0.2) is 5.15 Å². The molecule has 2 fully saturated rings. The predicted octanol–water partition coefficient (Wildman–Crippen LogP) is 1.65. The van der Waals surface area contributed by atoms with Crippen molar-refractivity contribution >= 4 is 23.4 Å². The molecular formula is C21H24ClN5O4. The number of hydrogen-bond acceptors (Lipinski definition) is 6. The second-order valence-corrected chi connectivity index (χ2v) is 8.99. The number of H-pyrrole nitrogens is 1. The molecule has 2 amide bonds. The van der Waals surface area contributed by atoms with E-state index >= 15 is 0 Å². The Kier molecular flexibility index (Phi) is 5.29. The third kappa shape index (κ3) is 4.23. The third-order valence-corrected chi connectivity index (χ3v) is 6.55. The average Bonchev–Trinajstić information content (AvgIpc) is 3.34. The number of rotatable bonds is 5. The number of hydrogen-bond donors (Lipinski definition) is 1. The number of nitrogens with one attached hydrogen (secondary N) is 1. The first-order valence-corrected chi connectivity index (χ1v) is 11.2. The topological polar surface area (TPSA) is 112 Å². The van der Waals surface area contributed by atoms with E-state index in [1.54, 1.807) is 11.0 Å². The predicted molar refractivity (Wildman–Crippen MR) is 110 cm³/mol. The molecule has 1 atom stereocenters. The van der Waals surface area contributed by atoms with Gasteiger partial charge in [-0.15, -0.1) is 0 Å². The van der Waals surface area contributed by atoms with Crippen molar-refractivity contribution in [1.82, 2.24) is 24.9 Å². The van der Waals surface area contributed by atoms with Gasteiger partial charge in [-0.25, -0.2) is 4.98 Å². The number of halogens is 1. The van der Waals surface area contributed by atoms with Crippen molar-refractivity contribution in [3.8, 4) is 0 Å². The number of nitrogens with zero attached hydrogens (tertiary/aromatic N) is 4. The normalized spacial score (nSPS) is 20.7. The quantitative estimate of drug-likeness (QED) is 0.748. The summed E-state index contributed by atoms with van der Waals surface area (Å²) in [6, 6.07) is 1.61. The van der Waals surface area contributed by atoms with Crippen LogP contribution in [0.15, 0.2) is 15.4 Å². The zero-order chi connectivity index (χ0) is 21.5. The van der Waals surface area contributed by atoms with Crippen LogP contribution >= 0.6 is 11.6 Å². The molecule has 2 aromatic rings. The van der Waals surface area contributed by atoms with Crippen LogP contribution < -0.4 is 5.56 Å². The largest absolute Gasteiger partial charge is 0.360 e. The van der Waals surface area contributed by atoms with Crippen LogP contribution in [0.4, 0.5) is 0 Å². The van der Waals surface area contributed by atoms with Crippen LogP contribution in [0.25, 0.3) is 0 Å². The number of aryl methyl sites for hydroxylation is 1. The van der Waals surface area contributed by atoms with Gasteiger partial charge >= 0.3 is 0 Å². The maximum Gasteiger partial charge on any atom is 0.254 e. The summed E-state index contributed by atoms with van der Waals surface area (Å²) in [4.78, 5) is 48.9. The molecule has 1 aliphatic carbocycles. The number of carbonyl (C=O) groups excluding carboxylic acids is 2. The highest BCUT2D eigenvalue weighted by Gasteiger charge is 2.36. The first-order chi connectivity index (χ1) is 15.0. The highest BCUT2D eigenvalue weighted by Crippen LogP contribution is 2.32. The molecule has 2 aromatic heterocycles. The van der Waals surface area contributed by atoms with Crippen molar-refractivity contribution in [1.29, 1.82) is 0 Å². The molecule has 4 heterocycles. The molecule has 164 valence electrons. The Bertz CT molecular complexity index is 1080. The van der Waals surface area contributed by atoms with E-state index in [9.17, 15) is 14.4 Å². The molecule has 5 rings (SSSR count). The van der Waals surface area contributed by atoms with Crippen LogP contribution in [-0.2, 0) is 29.0 Å². The number of amides is 2. The maximum absolute atomic E-state index is 12.6. The zero-order valence-corrected chi connectivity index (χ0v) is 17.9. The van der Waals surface area contributed by atoms with Crippen LogP contribution in [-0.4, -0.2) is 56.4 Å². The number of likely N-dealkylation sites (tertiary alicyclic amines) is 1. The average molecular weight is 446 g/mol. The van der Waals surface area contributed by atoms with Gasteiger partial charge in [0.2, 0.25) is 11.8 Å². The first kappa shape index (κ1) is 20.2. The van der Waals surface area contributed by atoms with Gasteiger partial charge in [-0.1, -0.05) is 16.8 Å². The summed E-state index contributed by atoms with van der Waals surface area (Å²) < 4.78 is 5.05. The van der Waals surface area contributed by atoms with Gasteiger partial charge in [0, 0.05) is 55.9 Å². The van der Waals surface area contributed by atoms with Crippen molar-refractivity contribution in [3.63, 3.8) is 0 Å². The molecule has 1 unspecified atom stereocenters. The van der Waals surface area contributed by atoms with Gasteiger partial charge in [-0.2, -0.15) is 0 Å². The molecule has 0 aromatic carbocycles. The van der Waals surface area contributed by atoms with Crippen LogP contribution in [0.5, 0.6) is 0 Å². The van der Waals surface area contributed by atoms with E-state index in [4.69, 9.17) is 21.1 Å². The molecule has 0 radical (unpaired) electrons. The van der Waals surface area contributed by atoms with Crippen molar-refractivity contribution in [2.24, 2.45) is 5.92 Å². The van der Waals surface area contributed by atoms with Crippen LogP contribution in [0.2, 0.25) is 5.15 Å². The van der Waals surface area contributed by atoms with Gasteiger partial charge in [-0.3, -0.25) is 14.4 Å². The highest BCUT2D eigenvalue weighted by atomic mass is 35.5. The molecule has 3 aliphatic rings. The Morgan fingerprint density at radius 3 is 2.81 bits per heavy atom. The lowest BCUT2D eigenvalue weighted by Gasteiger charge is -2.28. The van der Waals surface area contributed by atoms with Gasteiger partial charge < -0.3 is 19.3 Å². The van der Waals surface area contributed by atoms with E-state index < -0.39 is 0 Å². The summed E-state index contributed by atoms with van der Waals surface area (Å²) in [7, 11) is 0. The molecule has 1 N–H and O–H groups in total. The summed E-state index contributed by atoms with van der Waals surface area (Å²) in [5.41, 5.74) is 1.26. The molecular weight excluding hydrogens is 422 g/mol. The fraction of sp³-hybridized carbons (Fsp3) is 0.571. The monoisotopic (exact) mass is 445 g/mol. The van der Waals surface area contributed by atoms with Crippen molar-refractivity contribution in [3.05, 3.63) is 44.4 Å². The molecule has 31 heavy (non-hydrogen) atoms. The van der Waals surface area contributed by atoms with Gasteiger partial charge in [0.05, 0.1) is 12.2 Å². The lowest BCUT2D eigenvalue weighted by Crippen LogP contribution is -2.40. The van der Waals surface area contributed by atoms with Gasteiger partial charge in [-0.05, 0) is 25.7 Å². The fourth-order valence-corrected chi connectivity index (χ4v) is 4.59. The summed E-state index contributed by atoms with van der Waals surface area (Å²) in [5, 5.41) is 3.90. The minimum Gasteiger partial charge on any atom is -0.360 e. The number of carbonyl (C=O) groups is 2. The number of aromatic amines is 1. The van der Waals surface area contributed by atoms with Gasteiger partial charge in [0.25, 0.3) is 5.56 Å². The summed E-state index contributed by atoms with van der Waals surface area (Å²) in [5.74, 6) is 1.54. The number of aromatic nitrogens is 3. The minimum atomic E-state index is -0.120. The summed E-state index contributed by atoms with van der Waals surface area (Å²) >= 11 is 5.74. The Hall–Kier alpha value is -2.68. The Morgan fingerprint density at radius 2 is 2.06 bits per heavy atom. The second kappa shape index (κ2) is 8.11. The smallest absolute Gasteiger partial charge is 0.254 e. The van der Waals surface area contributed by atoms with Crippen molar-refractivity contribution in [2.75, 3.05) is 19.6 Å². The van der Waals surface area contributed by atoms with E-state index in [-0.39, 0.29) is 34.4 Å². The Morgan fingerprint density at radius 1 is 1.23 bits per heavy atom. The Balaban J connectivity index is 1.24. The highest BCUT2D eigenvalue weighted by molar-refractivity contribution is 6.29. The molecule has 0 bridgehead atoms. The summed E-state index contributed by atoms with van der Waals surface area (Å²) in [6.07, 6.45) is 3.96. The van der Waals surface area contributed by atoms with Crippen LogP contribution in [0.1, 0.15) is 54.4 Å². The van der Waals surface area contributed by atoms with E-state index in [1.807, 2.05) is 4.90 Å². The van der Waals surface area contributed by atoms with E-state index in [1.165, 1.54) is 0 Å². The molecule has 1 saturated carbocycles. The lowest BCUT2D eigenvalue weighted by atomic mass is 10.0. The van der Waals surface area contributed by atoms with E-state index in [0.717, 1.165) is 19.3 Å². The SMILES string of the molecule is O=C(CCc1cc(Cl)no1)N1CCC(c2nc3c(c(=O)[nH]2)CCN(C(=O)C2CC2)C3)C1. The number of fused-ring (bicyclic) bond motifs is 1. The van der Waals surface area contributed by atoms with Crippen molar-refractivity contribution < 1.29 is 14.1 Å². The van der Waals surface area contributed by atoms with Crippen molar-refractivity contribution in [2.45, 2.75) is 51.0 Å². The van der Waals surface area contributed by atoms with E-state index in [2.05, 4.69) is 10.1 Å². The van der Waals surface area contributed by atoms with Gasteiger partial charge in [0.1, 0.15) is 11.6 Å². The fourth-order valence-electron chi connectivity index (χ4n) is 4.43. The Labute approximate surface area is 183 Å². The zero-order valence-electron chi connectivity index (χ0n) is 17.1. The lowest BCUT2D eigenvalue weighted by molar-refractivity contribution is -0.133. The molecule has 1 saturated heterocycles. The van der Waals surface area contributed by atoms with Crippen LogP contribution in [0.3, 0.4) is 0 Å². The molecule has 0 spiro atoms. The second-order valence-electron chi connectivity index (χ2n) is 8.60. The first-order valence-electron chi connectivity index (χ1n) is 10.8. The van der Waals surface area contributed by atoms with Crippen LogP contribution in [0, 0.1) is 5.92 Å². The standard InChI is InChI=1S/C21H24ClN5O4/c22-17-9-14(31-25-17)3-4-18(28)26-7-5-13(10-26)19-23-16-11-27(21(30)12-1-2-12)8-6-15(16)20(29)24-19/h9,12-13H,1-8,10-11H2,(H,23,24,29). The summed E-state index contributed by atoms with van der Waals surface area (Å²) in [6.45, 7) is 2.11. The minimum absolute atomic E-state index is 0.0174. The van der Waals surface area contributed by atoms with E-state index in [0.29, 0.717) is 68.3 Å². The molecule has 9 nitrogen and oxygen atoms in total.